The fraction of sp³-hybridized carbons (Fsp3) is 0. The van der Waals surface area contributed by atoms with Gasteiger partial charge >= 0.3 is 0 Å². The molecule has 0 aliphatic heterocycles. The van der Waals surface area contributed by atoms with Crippen molar-refractivity contribution in [1.29, 1.82) is 0 Å². The number of furan rings is 1. The van der Waals surface area contributed by atoms with Crippen LogP contribution in [0.3, 0.4) is 0 Å². The summed E-state index contributed by atoms with van der Waals surface area (Å²) in [6.45, 7) is 0. The van der Waals surface area contributed by atoms with E-state index in [-0.39, 0.29) is 0 Å². The van der Waals surface area contributed by atoms with Crippen LogP contribution in [0.5, 0.6) is 0 Å². The minimum Gasteiger partial charge on any atom is -0.453 e. The number of fused-ring (bicyclic) bond motifs is 6. The summed E-state index contributed by atoms with van der Waals surface area (Å²) in [5, 5.41) is 4.34. The number of para-hydroxylation sites is 2. The monoisotopic (exact) mass is 716 g/mol. The smallest absolute Gasteiger partial charge is 0.164 e. The van der Waals surface area contributed by atoms with Gasteiger partial charge in [0.2, 0.25) is 0 Å². The molecule has 0 N–H and O–H groups in total. The molecule has 8 aromatic carbocycles. The summed E-state index contributed by atoms with van der Waals surface area (Å²) in [6, 6.07) is 67.3. The molecule has 5 heteroatoms. The molecule has 3 heterocycles. The summed E-state index contributed by atoms with van der Waals surface area (Å²) < 4.78 is 9.51. The standard InChI is InChI=1S/C51H32N4O/c1-5-17-33(18-6-1)37-29-41(34-19-7-2-8-20-34)47-42(30-37)43-31-38(51-53-49(35-21-9-3-10-22-35)52-50(54-51)36-23-11-4-12-24-36)32-46(48(43)56-47)55-44-27-15-13-25-39(44)40-26-14-16-28-45(40)55/h1-32H. The van der Waals surface area contributed by atoms with Crippen molar-refractivity contribution in [2.75, 3.05) is 0 Å². The van der Waals surface area contributed by atoms with E-state index in [0.29, 0.717) is 17.5 Å². The van der Waals surface area contributed by atoms with Crippen molar-refractivity contribution in [3.8, 4) is 62.1 Å². The minimum atomic E-state index is 0.582. The molecule has 262 valence electrons. The van der Waals surface area contributed by atoms with Gasteiger partial charge in [-0.15, -0.1) is 0 Å². The first-order chi connectivity index (χ1) is 27.8. The molecule has 0 unspecified atom stereocenters. The zero-order chi connectivity index (χ0) is 37.0. The van der Waals surface area contributed by atoms with Crippen LogP contribution in [0.15, 0.2) is 199 Å². The van der Waals surface area contributed by atoms with Crippen LogP contribution in [0, 0.1) is 0 Å². The molecule has 11 aromatic rings. The highest BCUT2D eigenvalue weighted by atomic mass is 16.3. The molecule has 11 rings (SSSR count). The van der Waals surface area contributed by atoms with E-state index in [2.05, 4.69) is 138 Å². The Balaban J connectivity index is 1.28. The Morgan fingerprint density at radius 1 is 0.321 bits per heavy atom. The Kier molecular flexibility index (Phi) is 7.42. The van der Waals surface area contributed by atoms with E-state index in [4.69, 9.17) is 19.4 Å². The van der Waals surface area contributed by atoms with E-state index < -0.39 is 0 Å². The fourth-order valence-corrected chi connectivity index (χ4v) is 8.01. The van der Waals surface area contributed by atoms with Crippen LogP contribution in [0.4, 0.5) is 0 Å². The summed E-state index contributed by atoms with van der Waals surface area (Å²) in [5.74, 6) is 1.81. The van der Waals surface area contributed by atoms with Crippen LogP contribution in [-0.2, 0) is 0 Å². The lowest BCUT2D eigenvalue weighted by molar-refractivity contribution is 0.667. The highest BCUT2D eigenvalue weighted by Gasteiger charge is 2.23. The maximum Gasteiger partial charge on any atom is 0.164 e. The molecule has 0 radical (unpaired) electrons. The minimum absolute atomic E-state index is 0.582. The number of hydrogen-bond donors (Lipinski definition) is 0. The highest BCUT2D eigenvalue weighted by molar-refractivity contribution is 6.16. The average molecular weight is 717 g/mol. The molecular weight excluding hydrogens is 685 g/mol. The second-order valence-corrected chi connectivity index (χ2v) is 14.0. The van der Waals surface area contributed by atoms with Gasteiger partial charge in [0.25, 0.3) is 0 Å². The van der Waals surface area contributed by atoms with Gasteiger partial charge in [-0.2, -0.15) is 0 Å². The lowest BCUT2D eigenvalue weighted by Gasteiger charge is -2.12. The summed E-state index contributed by atoms with van der Waals surface area (Å²) >= 11 is 0. The highest BCUT2D eigenvalue weighted by Crippen LogP contribution is 2.44. The van der Waals surface area contributed by atoms with E-state index in [1.165, 1.54) is 10.8 Å². The zero-order valence-electron chi connectivity index (χ0n) is 30.2. The Morgan fingerprint density at radius 2 is 0.750 bits per heavy atom. The lowest BCUT2D eigenvalue weighted by Crippen LogP contribution is -2.01. The van der Waals surface area contributed by atoms with Gasteiger partial charge in [-0.1, -0.05) is 158 Å². The number of benzene rings is 8. The van der Waals surface area contributed by atoms with E-state index in [0.717, 1.165) is 77.6 Å². The second kappa shape index (κ2) is 13.0. The number of aromatic nitrogens is 4. The molecule has 0 spiro atoms. The zero-order valence-corrected chi connectivity index (χ0v) is 30.2. The van der Waals surface area contributed by atoms with Gasteiger partial charge in [0, 0.05) is 43.8 Å². The Hall–Kier alpha value is -7.63. The molecule has 0 saturated heterocycles. The Bertz CT molecular complexity index is 3110. The molecule has 0 bridgehead atoms. The van der Waals surface area contributed by atoms with Gasteiger partial charge in [0.1, 0.15) is 5.58 Å². The molecule has 0 fully saturated rings. The SMILES string of the molecule is c1ccc(-c2cc(-c3ccccc3)c3oc4c(-n5c6ccccc6c6ccccc65)cc(-c5nc(-c6ccccc6)nc(-c6ccccc6)n5)cc4c3c2)cc1. The Labute approximate surface area is 322 Å². The van der Waals surface area contributed by atoms with Crippen molar-refractivity contribution in [2.45, 2.75) is 0 Å². The van der Waals surface area contributed by atoms with Crippen LogP contribution in [0.25, 0.3) is 106 Å². The molecule has 0 amide bonds. The maximum atomic E-state index is 7.18. The third-order valence-electron chi connectivity index (χ3n) is 10.6. The van der Waals surface area contributed by atoms with Crippen molar-refractivity contribution in [2.24, 2.45) is 0 Å². The van der Waals surface area contributed by atoms with E-state index in [9.17, 15) is 0 Å². The topological polar surface area (TPSA) is 56.7 Å². The van der Waals surface area contributed by atoms with Gasteiger partial charge < -0.3 is 8.98 Å². The first-order valence-electron chi connectivity index (χ1n) is 18.8. The lowest BCUT2D eigenvalue weighted by atomic mass is 9.95. The molecule has 0 aliphatic rings. The molecule has 5 nitrogen and oxygen atoms in total. The van der Waals surface area contributed by atoms with Crippen molar-refractivity contribution >= 4 is 43.7 Å². The van der Waals surface area contributed by atoms with E-state index >= 15 is 0 Å². The predicted molar refractivity (Wildman–Crippen MR) is 229 cm³/mol. The van der Waals surface area contributed by atoms with Crippen molar-refractivity contribution < 1.29 is 4.42 Å². The quantitative estimate of drug-likeness (QED) is 0.172. The van der Waals surface area contributed by atoms with Crippen LogP contribution >= 0.6 is 0 Å². The molecule has 0 atom stereocenters. The largest absolute Gasteiger partial charge is 0.453 e. The van der Waals surface area contributed by atoms with E-state index in [1.807, 2.05) is 60.7 Å². The molecule has 0 aliphatic carbocycles. The summed E-state index contributed by atoms with van der Waals surface area (Å²) in [4.78, 5) is 15.4. The number of nitrogens with zero attached hydrogens (tertiary/aromatic N) is 4. The summed E-state index contributed by atoms with van der Waals surface area (Å²) in [7, 11) is 0. The van der Waals surface area contributed by atoms with Crippen molar-refractivity contribution in [1.82, 2.24) is 19.5 Å². The summed E-state index contributed by atoms with van der Waals surface area (Å²) in [6.07, 6.45) is 0. The molecule has 3 aromatic heterocycles. The van der Waals surface area contributed by atoms with Crippen LogP contribution in [-0.4, -0.2) is 19.5 Å². The number of rotatable bonds is 6. The van der Waals surface area contributed by atoms with Gasteiger partial charge in [-0.05, 0) is 53.1 Å². The van der Waals surface area contributed by atoms with E-state index in [1.54, 1.807) is 0 Å². The first kappa shape index (κ1) is 31.9. The third kappa shape index (κ3) is 5.29. The molecular formula is C51H32N4O. The van der Waals surface area contributed by atoms with Crippen LogP contribution < -0.4 is 0 Å². The fourth-order valence-electron chi connectivity index (χ4n) is 8.01. The van der Waals surface area contributed by atoms with Crippen molar-refractivity contribution in [3.05, 3.63) is 194 Å². The van der Waals surface area contributed by atoms with Gasteiger partial charge in [-0.25, -0.2) is 15.0 Å². The molecule has 56 heavy (non-hydrogen) atoms. The third-order valence-corrected chi connectivity index (χ3v) is 10.6. The van der Waals surface area contributed by atoms with Crippen LogP contribution in [0.1, 0.15) is 0 Å². The summed E-state index contributed by atoms with van der Waals surface area (Å²) in [5.41, 5.74) is 11.8. The van der Waals surface area contributed by atoms with Gasteiger partial charge in [0.05, 0.1) is 16.7 Å². The first-order valence-corrected chi connectivity index (χ1v) is 18.8. The van der Waals surface area contributed by atoms with Crippen LogP contribution in [0.2, 0.25) is 0 Å². The van der Waals surface area contributed by atoms with Gasteiger partial charge in [-0.3, -0.25) is 0 Å². The van der Waals surface area contributed by atoms with Crippen molar-refractivity contribution in [3.63, 3.8) is 0 Å². The predicted octanol–water partition coefficient (Wildman–Crippen LogP) is 13.2. The normalized spacial score (nSPS) is 11.6. The second-order valence-electron chi connectivity index (χ2n) is 14.0. The average Bonchev–Trinajstić information content (AvgIpc) is 3.83. The number of hydrogen-bond acceptors (Lipinski definition) is 4. The van der Waals surface area contributed by atoms with Gasteiger partial charge in [0.15, 0.2) is 23.1 Å². The maximum absolute atomic E-state index is 7.18. The Morgan fingerprint density at radius 3 is 1.30 bits per heavy atom. The molecule has 0 saturated carbocycles.